The Morgan fingerprint density at radius 1 is 1.50 bits per heavy atom. The predicted octanol–water partition coefficient (Wildman–Crippen LogP) is 3.49. The van der Waals surface area contributed by atoms with Crippen molar-refractivity contribution in [3.63, 3.8) is 0 Å². The molecular weight excluding hydrogens is 163 g/mol. The molecule has 0 aromatic heterocycles. The van der Waals surface area contributed by atoms with Crippen molar-refractivity contribution in [2.24, 2.45) is 0 Å². The minimum Gasteiger partial charge on any atom is -0.0654 e. The van der Waals surface area contributed by atoms with Crippen molar-refractivity contribution in [2.45, 2.75) is 26.2 Å². The van der Waals surface area contributed by atoms with Gasteiger partial charge < -0.3 is 0 Å². The largest absolute Gasteiger partial charge is 0.0654 e. The summed E-state index contributed by atoms with van der Waals surface area (Å²) in [6.07, 6.45) is 10.3. The summed E-state index contributed by atoms with van der Waals surface area (Å²) in [5.74, 6) is 3.43. The van der Waals surface area contributed by atoms with Gasteiger partial charge in [0.25, 0.3) is 0 Å². The second-order valence-electron chi connectivity index (χ2n) is 3.13. The Hall–Kier alpha value is -0.610. The lowest BCUT2D eigenvalue weighted by Gasteiger charge is -2.02. The Morgan fingerprint density at radius 3 is 3.25 bits per heavy atom. The van der Waals surface area contributed by atoms with Gasteiger partial charge in [0.15, 0.2) is 0 Å². The van der Waals surface area contributed by atoms with Crippen molar-refractivity contribution in [3.8, 4) is 0 Å². The molecule has 1 radical (unpaired) electrons. The van der Waals surface area contributed by atoms with Crippen molar-refractivity contribution >= 4 is 13.5 Å². The predicted molar refractivity (Wildman–Crippen MR) is 55.4 cm³/mol. The van der Waals surface area contributed by atoms with E-state index in [2.05, 4.69) is 31.0 Å². The van der Waals surface area contributed by atoms with Gasteiger partial charge in [-0.1, -0.05) is 33.7 Å². The first-order valence-electron chi connectivity index (χ1n) is 4.50. The van der Waals surface area contributed by atoms with Crippen LogP contribution in [0.4, 0.5) is 0 Å². The van der Waals surface area contributed by atoms with Crippen LogP contribution in [-0.4, -0.2) is 5.29 Å². The maximum Gasteiger partial charge on any atom is 0.0184 e. The molecule has 0 saturated heterocycles. The summed E-state index contributed by atoms with van der Waals surface area (Å²) in [7, 11) is 1.28. The van der Waals surface area contributed by atoms with Gasteiger partial charge >= 0.3 is 0 Å². The average molecular weight is 175 g/mol. The molecule has 0 aromatic carbocycles. The molecular formula is C11H12P. The fraction of sp³-hybridized carbons (Fsp3) is 0.364. The fourth-order valence-corrected chi connectivity index (χ4v) is 2.47. The van der Waals surface area contributed by atoms with Crippen LogP contribution >= 0.6 is 8.20 Å². The number of rotatable bonds is 3. The summed E-state index contributed by atoms with van der Waals surface area (Å²) >= 11 is 0. The molecule has 0 nitrogen and oxygen atoms in total. The normalized spacial score (nSPS) is 20.2. The molecule has 0 atom stereocenters. The lowest BCUT2D eigenvalue weighted by atomic mass is 10.0. The zero-order chi connectivity index (χ0) is 8.39. The minimum absolute atomic E-state index is 1.21. The SMILES string of the molecule is CCCCC1=[C]P=C2C=CC=C12. The minimum atomic E-state index is 1.21. The van der Waals surface area contributed by atoms with Crippen molar-refractivity contribution in [2.75, 3.05) is 0 Å². The molecule has 0 N–H and O–H groups in total. The number of unbranched alkanes of at least 4 members (excludes halogenated alkanes) is 1. The van der Waals surface area contributed by atoms with Gasteiger partial charge in [-0.3, -0.25) is 0 Å². The molecule has 1 heteroatoms. The van der Waals surface area contributed by atoms with Crippen LogP contribution in [0.3, 0.4) is 0 Å². The molecule has 1 heterocycles. The highest BCUT2D eigenvalue weighted by molar-refractivity contribution is 7.44. The molecule has 0 amide bonds. The number of hydrogen-bond donors (Lipinski definition) is 0. The standard InChI is InChI=1S/C11H12P/c1-2-3-5-9-8-12-11-7-4-6-10(9)11/h4,6-7H,2-3,5H2,1H3. The summed E-state index contributed by atoms with van der Waals surface area (Å²) in [6.45, 7) is 2.24. The van der Waals surface area contributed by atoms with Gasteiger partial charge in [0, 0.05) is 11.1 Å². The Kier molecular flexibility index (Phi) is 2.28. The van der Waals surface area contributed by atoms with Crippen LogP contribution in [0.15, 0.2) is 29.4 Å². The number of fused-ring (bicyclic) bond motifs is 1. The van der Waals surface area contributed by atoms with Gasteiger partial charge in [-0.15, -0.1) is 0 Å². The summed E-state index contributed by atoms with van der Waals surface area (Å²) in [4.78, 5) is 0. The number of hydrogen-bond acceptors (Lipinski definition) is 0. The molecule has 0 saturated carbocycles. The fourth-order valence-electron chi connectivity index (χ4n) is 1.50. The van der Waals surface area contributed by atoms with Gasteiger partial charge in [0.2, 0.25) is 0 Å². The Morgan fingerprint density at radius 2 is 2.42 bits per heavy atom. The van der Waals surface area contributed by atoms with E-state index in [4.69, 9.17) is 0 Å². The molecule has 61 valence electrons. The zero-order valence-corrected chi connectivity index (χ0v) is 8.20. The maximum absolute atomic E-state index is 3.43. The van der Waals surface area contributed by atoms with Crippen LogP contribution in [0.5, 0.6) is 0 Å². The van der Waals surface area contributed by atoms with E-state index in [1.54, 1.807) is 0 Å². The Bertz CT molecular complexity index is 303. The second-order valence-corrected chi connectivity index (χ2v) is 4.06. The van der Waals surface area contributed by atoms with Gasteiger partial charge in [-0.2, -0.15) is 0 Å². The highest BCUT2D eigenvalue weighted by Crippen LogP contribution is 2.33. The van der Waals surface area contributed by atoms with Crippen LogP contribution in [0.1, 0.15) is 26.2 Å². The summed E-state index contributed by atoms with van der Waals surface area (Å²) in [5.41, 5.74) is 2.89. The van der Waals surface area contributed by atoms with E-state index in [9.17, 15) is 0 Å². The monoisotopic (exact) mass is 175 g/mol. The van der Waals surface area contributed by atoms with Crippen molar-refractivity contribution < 1.29 is 0 Å². The molecule has 0 aromatic rings. The van der Waals surface area contributed by atoms with E-state index < -0.39 is 0 Å². The molecule has 0 unspecified atom stereocenters. The molecule has 2 aliphatic rings. The molecule has 1 aliphatic heterocycles. The topological polar surface area (TPSA) is 0 Å². The third kappa shape index (κ3) is 1.32. The molecule has 0 bridgehead atoms. The molecule has 0 spiro atoms. The first kappa shape index (κ1) is 8.01. The van der Waals surface area contributed by atoms with E-state index in [0.29, 0.717) is 0 Å². The maximum atomic E-state index is 3.43. The van der Waals surface area contributed by atoms with Crippen LogP contribution in [-0.2, 0) is 0 Å². The lowest BCUT2D eigenvalue weighted by molar-refractivity contribution is 0.796. The summed E-state index contributed by atoms with van der Waals surface area (Å²) in [6, 6.07) is 0. The molecule has 0 fully saturated rings. The zero-order valence-electron chi connectivity index (χ0n) is 7.30. The van der Waals surface area contributed by atoms with E-state index in [1.807, 2.05) is 0 Å². The highest BCUT2D eigenvalue weighted by Gasteiger charge is 2.15. The van der Waals surface area contributed by atoms with Gasteiger partial charge in [0.1, 0.15) is 0 Å². The van der Waals surface area contributed by atoms with Crippen LogP contribution in [0.25, 0.3) is 0 Å². The van der Waals surface area contributed by atoms with Crippen molar-refractivity contribution in [1.82, 2.24) is 0 Å². The van der Waals surface area contributed by atoms with Crippen LogP contribution in [0.2, 0.25) is 0 Å². The van der Waals surface area contributed by atoms with E-state index >= 15 is 0 Å². The lowest BCUT2D eigenvalue weighted by Crippen LogP contribution is -1.92. The van der Waals surface area contributed by atoms with Crippen LogP contribution < -0.4 is 0 Å². The van der Waals surface area contributed by atoms with Gasteiger partial charge in [0.05, 0.1) is 0 Å². The van der Waals surface area contributed by atoms with Crippen LogP contribution in [0, 0.1) is 5.82 Å². The van der Waals surface area contributed by atoms with Gasteiger partial charge in [-0.25, -0.2) is 0 Å². The summed E-state index contributed by atoms with van der Waals surface area (Å²) in [5, 5.41) is 1.45. The third-order valence-electron chi connectivity index (χ3n) is 2.21. The van der Waals surface area contributed by atoms with Crippen molar-refractivity contribution in [3.05, 3.63) is 35.2 Å². The summed E-state index contributed by atoms with van der Waals surface area (Å²) < 4.78 is 0. The van der Waals surface area contributed by atoms with Gasteiger partial charge in [-0.05, 0) is 30.1 Å². The Labute approximate surface area is 75.5 Å². The average Bonchev–Trinajstić information content (AvgIpc) is 2.62. The van der Waals surface area contributed by atoms with E-state index in [-0.39, 0.29) is 0 Å². The number of allylic oxidation sites excluding steroid dienone is 5. The Balaban J connectivity index is 2.04. The van der Waals surface area contributed by atoms with E-state index in [1.165, 1.54) is 43.9 Å². The first-order chi connectivity index (χ1) is 5.92. The first-order valence-corrected chi connectivity index (χ1v) is 5.40. The smallest absolute Gasteiger partial charge is 0.0184 e. The quantitative estimate of drug-likeness (QED) is 0.576. The second kappa shape index (κ2) is 3.41. The highest BCUT2D eigenvalue weighted by atomic mass is 31.1. The van der Waals surface area contributed by atoms with E-state index in [0.717, 1.165) is 0 Å². The molecule has 12 heavy (non-hydrogen) atoms. The van der Waals surface area contributed by atoms with Crippen molar-refractivity contribution in [1.29, 1.82) is 0 Å². The molecule has 2 rings (SSSR count). The third-order valence-corrected chi connectivity index (χ3v) is 3.22. The molecule has 1 aliphatic carbocycles.